The Balaban J connectivity index is 0.634. The van der Waals surface area contributed by atoms with E-state index < -0.39 is 341 Å². The molecular weight excluding hydrogens is 1600 g/mol. The number of nitrogens with one attached hydrogen (secondary N) is 1. The Bertz CT molecular complexity index is 3250. The number of benzene rings is 1. The van der Waals surface area contributed by atoms with Crippen LogP contribution in [0, 0.1) is 11.3 Å². The van der Waals surface area contributed by atoms with Gasteiger partial charge in [0, 0.05) is 24.5 Å². The van der Waals surface area contributed by atoms with Crippen molar-refractivity contribution in [3.8, 4) is 5.75 Å². The van der Waals surface area contributed by atoms with Crippen molar-refractivity contribution in [2.24, 2.45) is 11.3 Å². The third kappa shape index (κ3) is 20.5. The Morgan fingerprint density at radius 2 is 0.581 bits per heavy atom. The molecule has 117 heavy (non-hydrogen) atoms. The monoisotopic (exact) mass is 1710 g/mol. The van der Waals surface area contributed by atoms with Gasteiger partial charge in [0.15, 0.2) is 62.4 Å². The molecule has 0 saturated carbocycles. The molecule has 43 unspecified atom stereocenters. The zero-order valence-corrected chi connectivity index (χ0v) is 62.7. The van der Waals surface area contributed by atoms with Gasteiger partial charge in [-0.25, -0.2) is 0 Å². The molecule has 674 valence electrons. The molecule has 10 heterocycles. The summed E-state index contributed by atoms with van der Waals surface area (Å²) in [5.41, 5.74) is -0.0301. The molecule has 10 aliphatic heterocycles. The largest absolute Gasteiger partial charge is 0.506 e. The van der Waals surface area contributed by atoms with Gasteiger partial charge in [-0.3, -0.25) is 0 Å². The van der Waals surface area contributed by atoms with Crippen molar-refractivity contribution in [2.75, 3.05) is 66.6 Å². The number of aliphatic hydroxyl groups excluding tert-OH is 29. The number of ether oxygens (including phenoxy) is 19. The Morgan fingerprint density at radius 1 is 0.308 bits per heavy atom. The Labute approximate surface area is 663 Å². The van der Waals surface area contributed by atoms with Crippen molar-refractivity contribution in [2.45, 2.75) is 297 Å². The minimum absolute atomic E-state index is 0.158. The molecule has 9 fully saturated rings. The van der Waals surface area contributed by atoms with Crippen LogP contribution in [0.25, 0.3) is 0 Å². The van der Waals surface area contributed by atoms with E-state index in [1.54, 1.807) is 26.0 Å². The second-order valence-electron chi connectivity index (χ2n) is 30.8. The van der Waals surface area contributed by atoms with Gasteiger partial charge >= 0.3 is 0 Å². The van der Waals surface area contributed by atoms with Crippen molar-refractivity contribution in [3.63, 3.8) is 0 Å². The lowest BCUT2D eigenvalue weighted by Gasteiger charge is -2.45. The van der Waals surface area contributed by atoms with Crippen LogP contribution in [0.2, 0.25) is 0 Å². The number of aliphatic hydroxyl groups is 29. The molecule has 9 saturated heterocycles. The topological polar surface area (TPSA) is 774 Å². The van der Waals surface area contributed by atoms with E-state index in [2.05, 4.69) is 5.32 Å². The fraction of sp³-hybridized carbons (Fsp3) is 0.882. The van der Waals surface area contributed by atoms with Crippen LogP contribution in [0.5, 0.6) is 5.75 Å². The van der Waals surface area contributed by atoms with Crippen LogP contribution in [0.3, 0.4) is 0 Å². The predicted octanol–water partition coefficient (Wildman–Crippen LogP) is -16.9. The maximum Gasteiger partial charge on any atom is 0.229 e. The van der Waals surface area contributed by atoms with Crippen molar-refractivity contribution >= 4 is 0 Å². The lowest BCUT2D eigenvalue weighted by atomic mass is 9.82. The van der Waals surface area contributed by atoms with Gasteiger partial charge in [-0.2, -0.15) is 0 Å². The molecule has 0 aliphatic carbocycles. The van der Waals surface area contributed by atoms with Gasteiger partial charge in [-0.15, -0.1) is 0 Å². The smallest absolute Gasteiger partial charge is 0.229 e. The van der Waals surface area contributed by atoms with E-state index in [4.69, 9.17) is 90.0 Å². The highest BCUT2D eigenvalue weighted by molar-refractivity contribution is 5.30. The highest BCUT2D eigenvalue weighted by Gasteiger charge is 2.57. The van der Waals surface area contributed by atoms with E-state index in [0.717, 1.165) is 12.7 Å². The summed E-state index contributed by atoms with van der Waals surface area (Å²) in [5.74, 6) is -1.87. The van der Waals surface area contributed by atoms with Crippen molar-refractivity contribution in [1.29, 1.82) is 0 Å². The van der Waals surface area contributed by atoms with Gasteiger partial charge in [-0.05, 0) is 24.1 Å². The zero-order chi connectivity index (χ0) is 85.4. The van der Waals surface area contributed by atoms with Crippen LogP contribution >= 0.6 is 0 Å². The first kappa shape index (κ1) is 94.0. The minimum Gasteiger partial charge on any atom is -0.506 e. The van der Waals surface area contributed by atoms with Gasteiger partial charge < -0.3 is 243 Å². The molecule has 10 aliphatic rings. The van der Waals surface area contributed by atoms with E-state index in [1.807, 2.05) is 0 Å². The highest BCUT2D eigenvalue weighted by atomic mass is 16.8. The van der Waals surface area contributed by atoms with Gasteiger partial charge in [0.25, 0.3) is 0 Å². The maximum atomic E-state index is 11.3. The number of hydrogen-bond donors (Lipinski definition) is 30. The summed E-state index contributed by atoms with van der Waals surface area (Å²) in [6.07, 6.45) is -82.1. The summed E-state index contributed by atoms with van der Waals surface area (Å²) in [5, 5.41) is 315. The molecule has 0 aromatic heterocycles. The van der Waals surface area contributed by atoms with Crippen molar-refractivity contribution < 1.29 is 238 Å². The SMILES string of the molecule is COC1[C@H](O)C(COC2OC(COC3OC(COC4OC(COC5OC(COC6OC(COC7OC(O)C(O)C(COC8OC(CO)C(O)C(O)C8O)C7O)C(O)C(O)C6O)[C@@H](O)C(O)C5O)C(O)C(O)C4O)C(O)C(O)C3O)C(O)C(O)C2O)OC(OCC2OC(Oc3ccc(CC4NC(O)=C(O)C4(C)C)cc3)C(O)C(O)C2O)[C@@H]1O. The molecular formula is C68H109NO48. The second-order valence-corrected chi connectivity index (χ2v) is 30.8. The van der Waals surface area contributed by atoms with Gasteiger partial charge in [0.2, 0.25) is 12.2 Å². The third-order valence-corrected chi connectivity index (χ3v) is 22.6. The predicted molar refractivity (Wildman–Crippen MR) is 363 cm³/mol. The Kier molecular flexibility index (Phi) is 32.2. The van der Waals surface area contributed by atoms with E-state index >= 15 is 0 Å². The van der Waals surface area contributed by atoms with Crippen LogP contribution in [0.15, 0.2) is 35.9 Å². The average molecular weight is 1710 g/mol. The third-order valence-electron chi connectivity index (χ3n) is 22.6. The summed E-state index contributed by atoms with van der Waals surface area (Å²) >= 11 is 0. The lowest BCUT2D eigenvalue weighted by Crippen LogP contribution is -2.64. The van der Waals surface area contributed by atoms with Crippen LogP contribution < -0.4 is 10.1 Å². The van der Waals surface area contributed by atoms with Crippen molar-refractivity contribution in [1.82, 2.24) is 5.32 Å². The highest BCUT2D eigenvalue weighted by Crippen LogP contribution is 2.39. The van der Waals surface area contributed by atoms with E-state index in [-0.39, 0.29) is 23.4 Å². The summed E-state index contributed by atoms with van der Waals surface area (Å²) in [6, 6.07) is 6.06. The van der Waals surface area contributed by atoms with Crippen LogP contribution in [0.1, 0.15) is 19.4 Å². The first-order chi connectivity index (χ1) is 55.3. The molecule has 0 amide bonds. The van der Waals surface area contributed by atoms with Crippen LogP contribution in [0.4, 0.5) is 0 Å². The lowest BCUT2D eigenvalue weighted by molar-refractivity contribution is -0.361. The van der Waals surface area contributed by atoms with Gasteiger partial charge in [0.05, 0.1) is 59.5 Å². The molecule has 46 atom stereocenters. The molecule has 0 spiro atoms. The molecule has 49 nitrogen and oxygen atoms in total. The maximum absolute atomic E-state index is 11.3. The molecule has 30 N–H and O–H groups in total. The molecule has 1 aromatic carbocycles. The first-order valence-electron chi connectivity index (χ1n) is 37.6. The zero-order valence-electron chi connectivity index (χ0n) is 62.7. The Hall–Kier alpha value is -3.64. The summed E-state index contributed by atoms with van der Waals surface area (Å²) < 4.78 is 107. The van der Waals surface area contributed by atoms with Gasteiger partial charge in [0.1, 0.15) is 213 Å². The molecule has 0 radical (unpaired) electrons. The quantitative estimate of drug-likeness (QED) is 0.0340. The summed E-state index contributed by atoms with van der Waals surface area (Å²) in [6.45, 7) is -3.86. The second kappa shape index (κ2) is 40.1. The summed E-state index contributed by atoms with van der Waals surface area (Å²) in [7, 11) is 1.12. The van der Waals surface area contributed by atoms with Crippen LogP contribution in [-0.2, 0) is 91.7 Å². The van der Waals surface area contributed by atoms with E-state index in [1.165, 1.54) is 12.1 Å². The fourth-order valence-corrected chi connectivity index (χ4v) is 14.8. The molecule has 1 aromatic rings. The van der Waals surface area contributed by atoms with Crippen LogP contribution in [-0.4, -0.2) is 491 Å². The average Bonchev–Trinajstić information content (AvgIpc) is 1.38. The number of methoxy groups -OCH3 is 1. The minimum atomic E-state index is -2.12. The first-order valence-corrected chi connectivity index (χ1v) is 37.6. The molecule has 49 heteroatoms. The van der Waals surface area contributed by atoms with Gasteiger partial charge in [-0.1, -0.05) is 26.0 Å². The van der Waals surface area contributed by atoms with E-state index in [0.29, 0.717) is 6.42 Å². The number of rotatable bonds is 30. The standard InChI is InChI=1S/C68H109NO48/c1-68(2)29(69-57(97)56(68)96)8-18-4-6-19(7-5-18)108-67-53(94)46(87)38(79)27(116-67)16-107-66-54(95)55(99-3)39(80)28(115-66)17-106-65-52(93)45(86)37(78)26(114-65)15-105-64-51(92)44(85)36(77)25(113-64)14-104-63-50(91)43(84)35(76)24(112-63)13-103-62-49(90)42(83)34(75)23(111-62)12-102-61-48(89)41(82)33(74)22(110-61)11-101-59-31(72)20(30(71)58(98)117-59)10-100-60-47(88)40(81)32(73)21(9-70)109-60/h4-7,20-55,58-67,69-98H,8-17H2,1-3H3/t20?,21?,22?,23?,24?,25?,26?,27?,28?,29?,30?,31?,32?,33?,34-,35?,36?,37?,38?,39-,40?,41?,42?,43?,44?,45?,46?,47?,48?,49?,50?,51?,52?,53?,54-,55?,58?,59?,60?,61?,62?,63?,64?,65?,66?,67?/m1/s1. The molecule has 0 bridgehead atoms. The normalized spacial score (nSPS) is 49.3. The summed E-state index contributed by atoms with van der Waals surface area (Å²) in [4.78, 5) is 0. The molecule has 11 rings (SSSR count). The van der Waals surface area contributed by atoms with Crippen molar-refractivity contribution in [3.05, 3.63) is 41.5 Å². The van der Waals surface area contributed by atoms with E-state index in [9.17, 15) is 148 Å². The fourth-order valence-electron chi connectivity index (χ4n) is 14.8. The number of hydrogen-bond acceptors (Lipinski definition) is 49. The Morgan fingerprint density at radius 3 is 0.889 bits per heavy atom.